The van der Waals surface area contributed by atoms with E-state index < -0.39 is 16.4 Å². The first kappa shape index (κ1) is 14.8. The lowest BCUT2D eigenvalue weighted by Gasteiger charge is -2.23. The van der Waals surface area contributed by atoms with Crippen LogP contribution in [0.2, 0.25) is 0 Å². The summed E-state index contributed by atoms with van der Waals surface area (Å²) in [6, 6.07) is 0. The fraction of sp³-hybridized carbons (Fsp3) is 0.625. The molecule has 1 rings (SSSR count). The molecule has 0 bridgehead atoms. The number of thiazole rings is 1. The highest BCUT2D eigenvalue weighted by Crippen LogP contribution is 2.41. The number of nitrogens with zero attached hydrogens (tertiary/aromatic N) is 1. The van der Waals surface area contributed by atoms with E-state index in [1.165, 1.54) is 5.38 Å². The molecule has 0 aliphatic heterocycles. The van der Waals surface area contributed by atoms with Crippen LogP contribution < -0.4 is 5.14 Å². The van der Waals surface area contributed by atoms with E-state index in [1.54, 1.807) is 13.8 Å². The normalized spacial score (nSPS) is 13.1. The van der Waals surface area contributed by atoms with Crippen molar-refractivity contribution in [2.45, 2.75) is 38.3 Å². The first-order valence-corrected chi connectivity index (χ1v) is 6.94. The standard InChI is InChI=1S/C6H12N2O3S2.C2H6/c1-6(2,9)5-8-4(3-12-5)13(7,10)11;1-2/h3,9-11H,7H2,1-2H3;1-2H3. The highest BCUT2D eigenvalue weighted by atomic mass is 32.3. The Morgan fingerprint density at radius 2 is 1.87 bits per heavy atom. The first-order chi connectivity index (χ1) is 6.71. The Hall–Kier alpha value is -0.180. The van der Waals surface area contributed by atoms with Crippen LogP contribution in [0.3, 0.4) is 0 Å². The van der Waals surface area contributed by atoms with Gasteiger partial charge in [-0.15, -0.1) is 11.3 Å². The van der Waals surface area contributed by atoms with Crippen LogP contribution in [0.4, 0.5) is 0 Å². The van der Waals surface area contributed by atoms with Crippen molar-refractivity contribution in [2.24, 2.45) is 5.14 Å². The van der Waals surface area contributed by atoms with E-state index in [4.69, 9.17) is 14.2 Å². The molecule has 0 aliphatic rings. The summed E-state index contributed by atoms with van der Waals surface area (Å²) in [5.41, 5.74) is -1.08. The van der Waals surface area contributed by atoms with Gasteiger partial charge in [-0.1, -0.05) is 24.6 Å². The van der Waals surface area contributed by atoms with Gasteiger partial charge in [-0.2, -0.15) is 0 Å². The molecule has 0 aromatic carbocycles. The molecule has 0 saturated carbocycles. The summed E-state index contributed by atoms with van der Waals surface area (Å²) in [6.45, 7) is 7.13. The lowest BCUT2D eigenvalue weighted by Crippen LogP contribution is -2.16. The maximum atomic E-state index is 9.52. The zero-order chi connectivity index (χ0) is 12.3. The smallest absolute Gasteiger partial charge is 0.174 e. The number of hydrogen-bond acceptors (Lipinski definition) is 6. The van der Waals surface area contributed by atoms with Gasteiger partial charge in [0.1, 0.15) is 10.6 Å². The van der Waals surface area contributed by atoms with Crippen molar-refractivity contribution >= 4 is 22.1 Å². The molecule has 1 aromatic rings. The van der Waals surface area contributed by atoms with E-state index in [9.17, 15) is 5.11 Å². The lowest BCUT2D eigenvalue weighted by molar-refractivity contribution is 0.0778. The van der Waals surface area contributed by atoms with Crippen molar-refractivity contribution in [1.29, 1.82) is 0 Å². The van der Waals surface area contributed by atoms with Gasteiger partial charge in [-0.25, -0.2) is 10.1 Å². The average Bonchev–Trinajstić information content (AvgIpc) is 2.53. The topological polar surface area (TPSA) is 99.6 Å². The highest BCUT2D eigenvalue weighted by Gasteiger charge is 2.23. The molecule has 0 spiro atoms. The summed E-state index contributed by atoms with van der Waals surface area (Å²) >= 11 is 1.14. The summed E-state index contributed by atoms with van der Waals surface area (Å²) < 4.78 is 18.1. The minimum atomic E-state index is -3.25. The van der Waals surface area contributed by atoms with Crippen LogP contribution >= 0.6 is 22.1 Å². The second-order valence-electron chi connectivity index (χ2n) is 3.14. The molecular weight excluding hydrogens is 236 g/mol. The summed E-state index contributed by atoms with van der Waals surface area (Å²) in [4.78, 5) is 3.83. The van der Waals surface area contributed by atoms with E-state index in [0.29, 0.717) is 5.01 Å². The van der Waals surface area contributed by atoms with Crippen LogP contribution in [0.15, 0.2) is 10.4 Å². The van der Waals surface area contributed by atoms with Gasteiger partial charge in [0.25, 0.3) is 0 Å². The van der Waals surface area contributed by atoms with Crippen LogP contribution in [0, 0.1) is 0 Å². The molecule has 1 heterocycles. The van der Waals surface area contributed by atoms with Crippen molar-refractivity contribution in [3.8, 4) is 0 Å². The van der Waals surface area contributed by atoms with Crippen LogP contribution in [-0.2, 0) is 5.60 Å². The third-order valence-electron chi connectivity index (χ3n) is 1.31. The Morgan fingerprint density at radius 3 is 2.07 bits per heavy atom. The van der Waals surface area contributed by atoms with Gasteiger partial charge in [-0.3, -0.25) is 9.11 Å². The van der Waals surface area contributed by atoms with E-state index >= 15 is 0 Å². The van der Waals surface area contributed by atoms with Crippen molar-refractivity contribution in [3.05, 3.63) is 10.4 Å². The first-order valence-electron chi connectivity index (χ1n) is 4.45. The van der Waals surface area contributed by atoms with Gasteiger partial charge in [0, 0.05) is 5.38 Å². The Balaban J connectivity index is 0.000000921. The average molecular weight is 254 g/mol. The van der Waals surface area contributed by atoms with Gasteiger partial charge >= 0.3 is 0 Å². The molecule has 7 heteroatoms. The molecule has 0 amide bonds. The Bertz CT molecular complexity index is 273. The minimum absolute atomic E-state index is 0.0228. The maximum Gasteiger partial charge on any atom is 0.174 e. The zero-order valence-corrected chi connectivity index (χ0v) is 10.9. The molecule has 0 fully saturated rings. The number of rotatable bonds is 2. The van der Waals surface area contributed by atoms with Gasteiger partial charge in [0.05, 0.1) is 0 Å². The van der Waals surface area contributed by atoms with E-state index in [-0.39, 0.29) is 5.03 Å². The van der Waals surface area contributed by atoms with E-state index in [2.05, 4.69) is 4.98 Å². The molecule has 0 radical (unpaired) electrons. The second-order valence-corrected chi connectivity index (χ2v) is 5.60. The molecule has 1 aromatic heterocycles. The van der Waals surface area contributed by atoms with Crippen LogP contribution in [0.1, 0.15) is 32.7 Å². The van der Waals surface area contributed by atoms with Crippen LogP contribution in [0.25, 0.3) is 0 Å². The number of nitrogens with two attached hydrogens (primary N) is 1. The second kappa shape index (κ2) is 5.24. The molecule has 0 aliphatic carbocycles. The monoisotopic (exact) mass is 254 g/mol. The molecule has 0 atom stereocenters. The van der Waals surface area contributed by atoms with Gasteiger partial charge in [-0.05, 0) is 13.8 Å². The summed E-state index contributed by atoms with van der Waals surface area (Å²) in [7, 11) is -3.25. The molecule has 0 unspecified atom stereocenters. The van der Waals surface area contributed by atoms with Crippen LogP contribution in [-0.4, -0.2) is 19.2 Å². The largest absolute Gasteiger partial charge is 0.383 e. The third kappa shape index (κ3) is 4.45. The molecular formula is C8H18N2O3S2. The Labute approximate surface area is 95.5 Å². The number of aromatic nitrogens is 1. The maximum absolute atomic E-state index is 9.52. The molecule has 5 nitrogen and oxygen atoms in total. The third-order valence-corrected chi connectivity index (χ3v) is 3.44. The molecule has 90 valence electrons. The predicted molar refractivity (Wildman–Crippen MR) is 64.0 cm³/mol. The fourth-order valence-electron chi connectivity index (χ4n) is 0.678. The predicted octanol–water partition coefficient (Wildman–Crippen LogP) is 2.38. The van der Waals surface area contributed by atoms with Gasteiger partial charge in [0.15, 0.2) is 5.03 Å². The summed E-state index contributed by atoms with van der Waals surface area (Å²) in [5, 5.41) is 16.5. The minimum Gasteiger partial charge on any atom is -0.383 e. The van der Waals surface area contributed by atoms with Crippen LogP contribution in [0.5, 0.6) is 0 Å². The fourth-order valence-corrected chi connectivity index (χ4v) is 2.38. The summed E-state index contributed by atoms with van der Waals surface area (Å²) in [5.74, 6) is 0. The summed E-state index contributed by atoms with van der Waals surface area (Å²) in [6.07, 6.45) is 0. The molecule has 0 saturated heterocycles. The highest BCUT2D eigenvalue weighted by molar-refractivity contribution is 8.22. The van der Waals surface area contributed by atoms with Crippen molar-refractivity contribution in [3.63, 3.8) is 0 Å². The Kier molecular flexibility index (Phi) is 5.18. The number of aliphatic hydroxyl groups is 1. The van der Waals surface area contributed by atoms with Crippen molar-refractivity contribution < 1.29 is 14.2 Å². The lowest BCUT2D eigenvalue weighted by atomic mass is 10.2. The van der Waals surface area contributed by atoms with E-state index in [1.807, 2.05) is 13.8 Å². The van der Waals surface area contributed by atoms with Gasteiger partial charge in [0.2, 0.25) is 0 Å². The van der Waals surface area contributed by atoms with Crippen molar-refractivity contribution in [1.82, 2.24) is 4.98 Å². The molecule has 5 N–H and O–H groups in total. The van der Waals surface area contributed by atoms with Gasteiger partial charge < -0.3 is 5.11 Å². The Morgan fingerprint density at radius 1 is 1.40 bits per heavy atom. The number of hydrogen-bond donors (Lipinski definition) is 4. The zero-order valence-electron chi connectivity index (χ0n) is 9.26. The molecule has 15 heavy (non-hydrogen) atoms. The van der Waals surface area contributed by atoms with E-state index in [0.717, 1.165) is 11.3 Å². The van der Waals surface area contributed by atoms with Crippen molar-refractivity contribution in [2.75, 3.05) is 0 Å². The SMILES string of the molecule is CC.CC(C)(O)c1nc(S(N)(O)O)cs1. The quantitative estimate of drug-likeness (QED) is 0.649.